The van der Waals surface area contributed by atoms with E-state index in [2.05, 4.69) is 27.9 Å². The summed E-state index contributed by atoms with van der Waals surface area (Å²) in [6, 6.07) is 3.86. The van der Waals surface area contributed by atoms with Crippen LogP contribution in [0, 0.1) is 6.92 Å². The molecule has 100 valence electrons. The maximum absolute atomic E-state index is 5.96. The summed E-state index contributed by atoms with van der Waals surface area (Å²) < 4.78 is 12.4. The predicted octanol–water partition coefficient (Wildman–Crippen LogP) is 2.05. The van der Waals surface area contributed by atoms with Crippen molar-refractivity contribution in [2.24, 2.45) is 0 Å². The number of nitrogens with zero attached hydrogens (tertiary/aromatic N) is 1. The molecular formula is C13H19BrN2O2. The molecule has 0 spiro atoms. The van der Waals surface area contributed by atoms with Crippen LogP contribution in [0.3, 0.4) is 0 Å². The average molecular weight is 315 g/mol. The normalized spacial score (nSPS) is 20.9. The molecule has 1 aromatic rings. The first-order valence-electron chi connectivity index (χ1n) is 6.05. The Morgan fingerprint density at radius 3 is 3.00 bits per heavy atom. The molecule has 2 N–H and O–H groups in total. The number of hydrogen-bond acceptors (Lipinski definition) is 4. The minimum absolute atomic E-state index is 0.117. The molecule has 1 saturated heterocycles. The molecule has 0 saturated carbocycles. The topological polar surface area (TPSA) is 47.7 Å². The van der Waals surface area contributed by atoms with Gasteiger partial charge in [0.25, 0.3) is 0 Å². The van der Waals surface area contributed by atoms with Crippen LogP contribution in [0.5, 0.6) is 5.75 Å². The molecule has 1 atom stereocenters. The molecule has 0 aliphatic carbocycles. The Kier molecular flexibility index (Phi) is 4.48. The van der Waals surface area contributed by atoms with Gasteiger partial charge in [-0.1, -0.05) is 15.9 Å². The van der Waals surface area contributed by atoms with Gasteiger partial charge in [0.1, 0.15) is 18.5 Å². The monoisotopic (exact) mass is 314 g/mol. The van der Waals surface area contributed by atoms with E-state index in [9.17, 15) is 0 Å². The maximum atomic E-state index is 5.96. The van der Waals surface area contributed by atoms with Crippen molar-refractivity contribution < 1.29 is 9.47 Å². The molecule has 18 heavy (non-hydrogen) atoms. The first-order valence-corrected chi connectivity index (χ1v) is 6.84. The van der Waals surface area contributed by atoms with Gasteiger partial charge in [0.2, 0.25) is 0 Å². The Balaban J connectivity index is 1.97. The van der Waals surface area contributed by atoms with Crippen LogP contribution in [-0.2, 0) is 4.74 Å². The molecule has 0 radical (unpaired) electrons. The molecule has 4 nitrogen and oxygen atoms in total. The SMILES string of the molecule is Cc1cc(Br)cc(N)c1OCC1CN(C)CCO1. The lowest BCUT2D eigenvalue weighted by atomic mass is 10.2. The summed E-state index contributed by atoms with van der Waals surface area (Å²) in [7, 11) is 2.09. The van der Waals surface area contributed by atoms with Crippen LogP contribution in [0.2, 0.25) is 0 Å². The number of benzene rings is 1. The fourth-order valence-electron chi connectivity index (χ4n) is 2.10. The van der Waals surface area contributed by atoms with Crippen molar-refractivity contribution in [3.8, 4) is 5.75 Å². The highest BCUT2D eigenvalue weighted by atomic mass is 79.9. The summed E-state index contributed by atoms with van der Waals surface area (Å²) >= 11 is 3.42. The number of aryl methyl sites for hydroxylation is 1. The van der Waals surface area contributed by atoms with Gasteiger partial charge in [0.05, 0.1) is 12.3 Å². The van der Waals surface area contributed by atoms with Crippen LogP contribution < -0.4 is 10.5 Å². The van der Waals surface area contributed by atoms with Crippen LogP contribution in [0.1, 0.15) is 5.56 Å². The molecule has 0 amide bonds. The summed E-state index contributed by atoms with van der Waals surface area (Å²) in [5.41, 5.74) is 7.65. The number of nitrogen functional groups attached to an aromatic ring is 1. The second-order valence-corrected chi connectivity index (χ2v) is 5.62. The third-order valence-corrected chi connectivity index (χ3v) is 3.48. The van der Waals surface area contributed by atoms with Gasteiger partial charge < -0.3 is 20.1 Å². The summed E-state index contributed by atoms with van der Waals surface area (Å²) in [6.07, 6.45) is 0.117. The largest absolute Gasteiger partial charge is 0.488 e. The Labute approximate surface area is 116 Å². The first kappa shape index (κ1) is 13.6. The molecule has 5 heteroatoms. The van der Waals surface area contributed by atoms with Crippen molar-refractivity contribution >= 4 is 21.6 Å². The van der Waals surface area contributed by atoms with Crippen LogP contribution in [-0.4, -0.2) is 44.4 Å². The zero-order valence-corrected chi connectivity index (χ0v) is 12.4. The number of likely N-dealkylation sites (N-methyl/N-ethyl adjacent to an activating group) is 1. The minimum atomic E-state index is 0.117. The van der Waals surface area contributed by atoms with E-state index in [-0.39, 0.29) is 6.10 Å². The first-order chi connectivity index (χ1) is 8.56. The highest BCUT2D eigenvalue weighted by Gasteiger charge is 2.19. The molecule has 0 aromatic heterocycles. The number of morpholine rings is 1. The van der Waals surface area contributed by atoms with Crippen LogP contribution in [0.25, 0.3) is 0 Å². The zero-order valence-electron chi connectivity index (χ0n) is 10.8. The number of nitrogens with two attached hydrogens (primary N) is 1. The number of ether oxygens (including phenoxy) is 2. The maximum Gasteiger partial charge on any atom is 0.145 e. The summed E-state index contributed by atoms with van der Waals surface area (Å²) in [6.45, 7) is 5.17. The van der Waals surface area contributed by atoms with Crippen molar-refractivity contribution in [2.45, 2.75) is 13.0 Å². The second kappa shape index (κ2) is 5.91. The van der Waals surface area contributed by atoms with Gasteiger partial charge in [-0.15, -0.1) is 0 Å². The van der Waals surface area contributed by atoms with Crippen molar-refractivity contribution in [2.75, 3.05) is 39.1 Å². The predicted molar refractivity (Wildman–Crippen MR) is 76.0 cm³/mol. The number of rotatable bonds is 3. The number of hydrogen-bond donors (Lipinski definition) is 1. The molecular weight excluding hydrogens is 296 g/mol. The minimum Gasteiger partial charge on any atom is -0.488 e. The van der Waals surface area contributed by atoms with Gasteiger partial charge in [0, 0.05) is 17.6 Å². The van der Waals surface area contributed by atoms with Gasteiger partial charge in [-0.2, -0.15) is 0 Å². The third-order valence-electron chi connectivity index (χ3n) is 3.02. The third kappa shape index (κ3) is 3.37. The van der Waals surface area contributed by atoms with Gasteiger partial charge in [-0.3, -0.25) is 0 Å². The average Bonchev–Trinajstić information content (AvgIpc) is 2.27. The molecule has 1 unspecified atom stereocenters. The highest BCUT2D eigenvalue weighted by Crippen LogP contribution is 2.30. The summed E-state index contributed by atoms with van der Waals surface area (Å²) in [5.74, 6) is 0.759. The Morgan fingerprint density at radius 1 is 1.56 bits per heavy atom. The van der Waals surface area contributed by atoms with E-state index in [4.69, 9.17) is 15.2 Å². The fraction of sp³-hybridized carbons (Fsp3) is 0.538. The standard InChI is InChI=1S/C13H19BrN2O2/c1-9-5-10(14)6-12(15)13(9)18-8-11-7-16(2)3-4-17-11/h5-6,11H,3-4,7-8,15H2,1-2H3. The van der Waals surface area contributed by atoms with E-state index in [0.29, 0.717) is 12.3 Å². The summed E-state index contributed by atoms with van der Waals surface area (Å²) in [4.78, 5) is 2.25. The second-order valence-electron chi connectivity index (χ2n) is 4.71. The van der Waals surface area contributed by atoms with Gasteiger partial charge in [-0.25, -0.2) is 0 Å². The molecule has 2 rings (SSSR count). The Hall–Kier alpha value is -0.780. The van der Waals surface area contributed by atoms with Crippen LogP contribution in [0.15, 0.2) is 16.6 Å². The Bertz CT molecular complexity index is 402. The number of anilines is 1. The van der Waals surface area contributed by atoms with E-state index in [1.165, 1.54) is 0 Å². The van der Waals surface area contributed by atoms with Crippen molar-refractivity contribution in [1.82, 2.24) is 4.90 Å². The quantitative estimate of drug-likeness (QED) is 0.867. The zero-order chi connectivity index (χ0) is 13.1. The van der Waals surface area contributed by atoms with Crippen molar-refractivity contribution in [3.63, 3.8) is 0 Å². The molecule has 1 aromatic carbocycles. The van der Waals surface area contributed by atoms with Crippen molar-refractivity contribution in [1.29, 1.82) is 0 Å². The highest BCUT2D eigenvalue weighted by molar-refractivity contribution is 9.10. The van der Waals surface area contributed by atoms with Gasteiger partial charge >= 0.3 is 0 Å². The lowest BCUT2D eigenvalue weighted by Gasteiger charge is -2.30. The molecule has 1 heterocycles. The van der Waals surface area contributed by atoms with Crippen molar-refractivity contribution in [3.05, 3.63) is 22.2 Å². The van der Waals surface area contributed by atoms with E-state index in [1.807, 2.05) is 19.1 Å². The van der Waals surface area contributed by atoms with Gasteiger partial charge in [0.15, 0.2) is 0 Å². The van der Waals surface area contributed by atoms with Gasteiger partial charge in [-0.05, 0) is 31.7 Å². The summed E-state index contributed by atoms with van der Waals surface area (Å²) in [5, 5.41) is 0. The van der Waals surface area contributed by atoms with E-state index < -0.39 is 0 Å². The van der Waals surface area contributed by atoms with E-state index in [1.54, 1.807) is 0 Å². The number of halogens is 1. The van der Waals surface area contributed by atoms with E-state index >= 15 is 0 Å². The molecule has 1 aliphatic heterocycles. The smallest absolute Gasteiger partial charge is 0.145 e. The van der Waals surface area contributed by atoms with Crippen LogP contribution >= 0.6 is 15.9 Å². The fourth-order valence-corrected chi connectivity index (χ4v) is 2.69. The van der Waals surface area contributed by atoms with Crippen LogP contribution in [0.4, 0.5) is 5.69 Å². The Morgan fingerprint density at radius 2 is 2.33 bits per heavy atom. The molecule has 1 fully saturated rings. The lowest BCUT2D eigenvalue weighted by molar-refractivity contribution is -0.0403. The lowest BCUT2D eigenvalue weighted by Crippen LogP contribution is -2.42. The van der Waals surface area contributed by atoms with E-state index in [0.717, 1.165) is 35.5 Å². The molecule has 0 bridgehead atoms. The molecule has 1 aliphatic rings.